The van der Waals surface area contributed by atoms with Gasteiger partial charge in [0.05, 0.1) is 11.4 Å². The van der Waals surface area contributed by atoms with Gasteiger partial charge in [0.15, 0.2) is 0 Å². The van der Waals surface area contributed by atoms with E-state index in [2.05, 4.69) is 77.9 Å². The largest absolute Gasteiger partial charge is 0.302 e. The summed E-state index contributed by atoms with van der Waals surface area (Å²) in [5.74, 6) is 0. The van der Waals surface area contributed by atoms with E-state index >= 15 is 0 Å². The smallest absolute Gasteiger partial charge is 0.138 e. The van der Waals surface area contributed by atoms with Crippen LogP contribution in [0.1, 0.15) is 32.0 Å². The van der Waals surface area contributed by atoms with Gasteiger partial charge in [-0.1, -0.05) is 56.3 Å². The minimum absolute atomic E-state index is 0.904. The van der Waals surface area contributed by atoms with E-state index < -0.39 is 0 Å². The van der Waals surface area contributed by atoms with Crippen molar-refractivity contribution in [2.45, 2.75) is 27.3 Å². The van der Waals surface area contributed by atoms with Crippen LogP contribution in [0.15, 0.2) is 54.7 Å². The van der Waals surface area contributed by atoms with Crippen LogP contribution in [-0.4, -0.2) is 27.4 Å². The van der Waals surface area contributed by atoms with Crippen LogP contribution in [0.25, 0.3) is 23.0 Å². The molecule has 3 rings (SSSR count). The van der Waals surface area contributed by atoms with Crippen molar-refractivity contribution in [3.05, 3.63) is 66.0 Å². The summed E-state index contributed by atoms with van der Waals surface area (Å²) >= 11 is 0. The molecule has 3 nitrogen and oxygen atoms in total. The molecule has 0 radical (unpaired) electrons. The predicted molar refractivity (Wildman–Crippen MR) is 102 cm³/mol. The predicted octanol–water partition coefficient (Wildman–Crippen LogP) is 4.88. The number of fused-ring (bicyclic) bond motifs is 1. The molecule has 24 heavy (non-hydrogen) atoms. The van der Waals surface area contributed by atoms with E-state index in [0.29, 0.717) is 0 Å². The number of hydrogen-bond donors (Lipinski definition) is 0. The molecular weight excluding hydrogens is 294 g/mol. The van der Waals surface area contributed by atoms with Gasteiger partial charge in [-0.3, -0.25) is 4.90 Å². The van der Waals surface area contributed by atoms with Crippen molar-refractivity contribution in [2.24, 2.45) is 0 Å². The summed E-state index contributed by atoms with van der Waals surface area (Å²) < 4.78 is 2.23. The van der Waals surface area contributed by atoms with Crippen LogP contribution >= 0.6 is 0 Å². The summed E-state index contributed by atoms with van der Waals surface area (Å²) in [7, 11) is 0. The number of nitrogens with zero attached hydrogens (tertiary/aromatic N) is 3. The van der Waals surface area contributed by atoms with Gasteiger partial charge in [0.1, 0.15) is 5.65 Å². The molecule has 3 aromatic rings. The molecule has 0 N–H and O–H groups in total. The molecule has 0 saturated carbocycles. The molecule has 0 aliphatic heterocycles. The zero-order valence-corrected chi connectivity index (χ0v) is 14.7. The highest BCUT2D eigenvalue weighted by Crippen LogP contribution is 2.26. The first-order valence-corrected chi connectivity index (χ1v) is 8.68. The molecular formula is C21H25N3. The molecule has 0 aliphatic carbocycles. The van der Waals surface area contributed by atoms with Gasteiger partial charge in [0, 0.05) is 18.3 Å². The molecule has 0 unspecified atom stereocenters. The quantitative estimate of drug-likeness (QED) is 0.646. The molecule has 0 aliphatic rings. The molecule has 0 atom stereocenters. The van der Waals surface area contributed by atoms with E-state index in [0.717, 1.165) is 31.0 Å². The molecule has 0 spiro atoms. The Bertz CT molecular complexity index is 827. The van der Waals surface area contributed by atoms with Gasteiger partial charge in [0.2, 0.25) is 0 Å². The van der Waals surface area contributed by atoms with Crippen LogP contribution in [0, 0.1) is 0 Å². The highest BCUT2D eigenvalue weighted by Gasteiger charge is 2.16. The molecule has 1 aromatic carbocycles. The van der Waals surface area contributed by atoms with Crippen molar-refractivity contribution in [2.75, 3.05) is 13.1 Å². The summed E-state index contributed by atoms with van der Waals surface area (Å²) in [6.45, 7) is 9.43. The van der Waals surface area contributed by atoms with E-state index in [1.807, 2.05) is 13.0 Å². The van der Waals surface area contributed by atoms with E-state index in [9.17, 15) is 0 Å². The van der Waals surface area contributed by atoms with Crippen molar-refractivity contribution in [1.82, 2.24) is 14.3 Å². The fourth-order valence-electron chi connectivity index (χ4n) is 3.04. The number of pyridine rings is 1. The number of benzene rings is 1. The van der Waals surface area contributed by atoms with E-state index in [4.69, 9.17) is 4.98 Å². The van der Waals surface area contributed by atoms with Crippen molar-refractivity contribution in [3.63, 3.8) is 0 Å². The third-order valence-corrected chi connectivity index (χ3v) is 4.42. The summed E-state index contributed by atoms with van der Waals surface area (Å²) in [6.07, 6.45) is 6.31. The molecule has 0 fully saturated rings. The monoisotopic (exact) mass is 319 g/mol. The molecule has 0 bridgehead atoms. The highest BCUT2D eigenvalue weighted by molar-refractivity contribution is 5.68. The molecule has 3 heteroatoms. The van der Waals surface area contributed by atoms with Gasteiger partial charge >= 0.3 is 0 Å². The SMILES string of the molecule is C/C=C/c1ccn2c(CN(CC)CC)c(-c3ccccc3)nc2c1. The Morgan fingerprint density at radius 2 is 1.83 bits per heavy atom. The van der Waals surface area contributed by atoms with Crippen LogP contribution < -0.4 is 0 Å². The zero-order valence-electron chi connectivity index (χ0n) is 14.7. The fourth-order valence-corrected chi connectivity index (χ4v) is 3.04. The molecule has 2 heterocycles. The molecule has 0 saturated heterocycles. The maximum Gasteiger partial charge on any atom is 0.138 e. The zero-order chi connectivity index (χ0) is 16.9. The second-order valence-corrected chi connectivity index (χ2v) is 5.92. The lowest BCUT2D eigenvalue weighted by molar-refractivity contribution is 0.292. The third-order valence-electron chi connectivity index (χ3n) is 4.42. The second kappa shape index (κ2) is 7.45. The van der Waals surface area contributed by atoms with E-state index in [-0.39, 0.29) is 0 Å². The van der Waals surface area contributed by atoms with Crippen molar-refractivity contribution < 1.29 is 0 Å². The lowest BCUT2D eigenvalue weighted by Crippen LogP contribution is -2.23. The van der Waals surface area contributed by atoms with E-state index in [1.165, 1.54) is 16.8 Å². The Morgan fingerprint density at radius 1 is 1.08 bits per heavy atom. The van der Waals surface area contributed by atoms with Gasteiger partial charge in [-0.05, 0) is 37.7 Å². The van der Waals surface area contributed by atoms with Crippen LogP contribution in [0.2, 0.25) is 0 Å². The molecule has 2 aromatic heterocycles. The van der Waals surface area contributed by atoms with E-state index in [1.54, 1.807) is 0 Å². The third kappa shape index (κ3) is 3.26. The van der Waals surface area contributed by atoms with Crippen molar-refractivity contribution in [1.29, 1.82) is 0 Å². The Labute approximate surface area is 144 Å². The number of hydrogen-bond acceptors (Lipinski definition) is 2. The molecule has 124 valence electrons. The Morgan fingerprint density at radius 3 is 2.50 bits per heavy atom. The van der Waals surface area contributed by atoms with Crippen LogP contribution in [0.5, 0.6) is 0 Å². The Hall–Kier alpha value is -2.39. The van der Waals surface area contributed by atoms with Gasteiger partial charge in [-0.2, -0.15) is 0 Å². The topological polar surface area (TPSA) is 20.5 Å². The van der Waals surface area contributed by atoms with Crippen LogP contribution in [0.3, 0.4) is 0 Å². The maximum atomic E-state index is 4.95. The Balaban J connectivity index is 2.16. The van der Waals surface area contributed by atoms with Crippen LogP contribution in [0.4, 0.5) is 0 Å². The average Bonchev–Trinajstić information content (AvgIpc) is 2.98. The maximum absolute atomic E-state index is 4.95. The first kappa shape index (κ1) is 16.5. The normalized spacial score (nSPS) is 11.8. The van der Waals surface area contributed by atoms with Crippen molar-refractivity contribution in [3.8, 4) is 11.3 Å². The van der Waals surface area contributed by atoms with Gasteiger partial charge in [-0.25, -0.2) is 4.98 Å². The molecule has 0 amide bonds. The first-order chi connectivity index (χ1) is 11.8. The van der Waals surface area contributed by atoms with Crippen LogP contribution in [-0.2, 0) is 6.54 Å². The van der Waals surface area contributed by atoms with Crippen molar-refractivity contribution >= 4 is 11.7 Å². The number of aromatic nitrogens is 2. The van der Waals surface area contributed by atoms with Gasteiger partial charge in [0.25, 0.3) is 0 Å². The summed E-state index contributed by atoms with van der Waals surface area (Å²) in [5, 5.41) is 0. The lowest BCUT2D eigenvalue weighted by Gasteiger charge is -2.18. The summed E-state index contributed by atoms with van der Waals surface area (Å²) in [5.41, 5.74) is 5.71. The Kier molecular flexibility index (Phi) is 5.11. The minimum Gasteiger partial charge on any atom is -0.302 e. The van der Waals surface area contributed by atoms with Gasteiger partial charge < -0.3 is 4.40 Å². The van der Waals surface area contributed by atoms with Gasteiger partial charge in [-0.15, -0.1) is 0 Å². The second-order valence-electron chi connectivity index (χ2n) is 5.92. The highest BCUT2D eigenvalue weighted by atomic mass is 15.1. The lowest BCUT2D eigenvalue weighted by atomic mass is 10.1. The first-order valence-electron chi connectivity index (χ1n) is 8.68. The summed E-state index contributed by atoms with van der Waals surface area (Å²) in [6, 6.07) is 14.8. The number of imidazole rings is 1. The number of rotatable bonds is 6. The number of allylic oxidation sites excluding steroid dienone is 1. The average molecular weight is 319 g/mol. The minimum atomic E-state index is 0.904. The standard InChI is InChI=1S/C21H25N3/c1-4-10-17-13-14-24-19(16-23(5-2)6-3)21(22-20(24)15-17)18-11-8-7-9-12-18/h4,7-15H,5-6,16H2,1-3H3/b10-4+. The summed E-state index contributed by atoms with van der Waals surface area (Å²) in [4.78, 5) is 7.38. The fraction of sp³-hybridized carbons (Fsp3) is 0.286.